The number of nitrogens with two attached hydrogens (primary N) is 1. The molecule has 11 heavy (non-hydrogen) atoms. The minimum atomic E-state index is -0.379. The third kappa shape index (κ3) is 2.10. The van der Waals surface area contributed by atoms with Crippen LogP contribution < -0.4 is 5.73 Å². The highest BCUT2D eigenvalue weighted by molar-refractivity contribution is 6.19. The SMILES string of the molecule is COC(Cl)c1ccc(N)cc1. The van der Waals surface area contributed by atoms with Crippen molar-refractivity contribution in [1.29, 1.82) is 0 Å². The summed E-state index contributed by atoms with van der Waals surface area (Å²) in [5, 5.41) is 0. The Balaban J connectivity index is 2.81. The fourth-order valence-corrected chi connectivity index (χ4v) is 0.929. The van der Waals surface area contributed by atoms with Gasteiger partial charge < -0.3 is 10.5 Å². The van der Waals surface area contributed by atoms with Crippen LogP contribution in [0.25, 0.3) is 0 Å². The fraction of sp³-hybridized carbons (Fsp3) is 0.250. The van der Waals surface area contributed by atoms with Gasteiger partial charge in [-0.15, -0.1) is 0 Å². The molecule has 0 bridgehead atoms. The summed E-state index contributed by atoms with van der Waals surface area (Å²) in [4.78, 5) is 0. The first-order valence-electron chi connectivity index (χ1n) is 3.26. The molecule has 0 spiro atoms. The van der Waals surface area contributed by atoms with Crippen LogP contribution in [0.1, 0.15) is 11.1 Å². The van der Waals surface area contributed by atoms with E-state index in [4.69, 9.17) is 22.1 Å². The van der Waals surface area contributed by atoms with Gasteiger partial charge in [0.2, 0.25) is 0 Å². The van der Waals surface area contributed by atoms with E-state index in [1.54, 1.807) is 19.2 Å². The van der Waals surface area contributed by atoms with E-state index in [0.29, 0.717) is 0 Å². The van der Waals surface area contributed by atoms with Gasteiger partial charge in [-0.3, -0.25) is 0 Å². The van der Waals surface area contributed by atoms with Crippen molar-refractivity contribution in [3.05, 3.63) is 29.8 Å². The number of hydrogen-bond donors (Lipinski definition) is 1. The van der Waals surface area contributed by atoms with E-state index in [-0.39, 0.29) is 5.56 Å². The number of nitrogen functional groups attached to an aromatic ring is 1. The second-order valence-electron chi connectivity index (χ2n) is 2.22. The number of benzene rings is 1. The molecule has 0 fully saturated rings. The molecule has 1 aromatic rings. The van der Waals surface area contributed by atoms with Crippen molar-refractivity contribution in [2.75, 3.05) is 12.8 Å². The molecule has 1 rings (SSSR count). The van der Waals surface area contributed by atoms with E-state index >= 15 is 0 Å². The number of rotatable bonds is 2. The van der Waals surface area contributed by atoms with Crippen molar-refractivity contribution < 1.29 is 4.74 Å². The summed E-state index contributed by atoms with van der Waals surface area (Å²) in [6, 6.07) is 7.28. The largest absolute Gasteiger partial charge is 0.399 e. The molecular formula is C8H10ClNO. The summed E-state index contributed by atoms with van der Waals surface area (Å²) in [7, 11) is 1.56. The Labute approximate surface area is 70.9 Å². The smallest absolute Gasteiger partial charge is 0.156 e. The summed E-state index contributed by atoms with van der Waals surface area (Å²) < 4.78 is 4.90. The molecule has 0 saturated carbocycles. The van der Waals surface area contributed by atoms with Crippen molar-refractivity contribution in [2.24, 2.45) is 0 Å². The standard InChI is InChI=1S/C8H10ClNO/c1-11-8(9)6-2-4-7(10)5-3-6/h2-5,8H,10H2,1H3. The van der Waals surface area contributed by atoms with Crippen LogP contribution in [0.3, 0.4) is 0 Å². The summed E-state index contributed by atoms with van der Waals surface area (Å²) >= 11 is 5.78. The van der Waals surface area contributed by atoms with Crippen LogP contribution in [0.5, 0.6) is 0 Å². The quantitative estimate of drug-likeness (QED) is 0.547. The van der Waals surface area contributed by atoms with Crippen molar-refractivity contribution in [3.8, 4) is 0 Å². The third-order valence-corrected chi connectivity index (χ3v) is 1.84. The van der Waals surface area contributed by atoms with Crippen LogP contribution >= 0.6 is 11.6 Å². The van der Waals surface area contributed by atoms with Crippen LogP contribution in [0.15, 0.2) is 24.3 Å². The maximum Gasteiger partial charge on any atom is 0.156 e. The zero-order chi connectivity index (χ0) is 8.27. The maximum absolute atomic E-state index is 5.78. The molecule has 0 aromatic heterocycles. The number of methoxy groups -OCH3 is 1. The van der Waals surface area contributed by atoms with Gasteiger partial charge in [0, 0.05) is 12.8 Å². The summed E-state index contributed by atoms with van der Waals surface area (Å²) in [6.45, 7) is 0. The molecule has 0 aliphatic carbocycles. The van der Waals surface area contributed by atoms with E-state index in [2.05, 4.69) is 0 Å². The third-order valence-electron chi connectivity index (χ3n) is 1.41. The first-order valence-corrected chi connectivity index (χ1v) is 3.70. The van der Waals surface area contributed by atoms with Crippen molar-refractivity contribution >= 4 is 17.3 Å². The fourth-order valence-electron chi connectivity index (χ4n) is 0.783. The molecule has 0 aliphatic heterocycles. The highest BCUT2D eigenvalue weighted by atomic mass is 35.5. The topological polar surface area (TPSA) is 35.2 Å². The van der Waals surface area contributed by atoms with Gasteiger partial charge in [-0.05, 0) is 17.7 Å². The molecule has 0 saturated heterocycles. The van der Waals surface area contributed by atoms with Gasteiger partial charge in [0.15, 0.2) is 5.56 Å². The van der Waals surface area contributed by atoms with E-state index in [9.17, 15) is 0 Å². The van der Waals surface area contributed by atoms with Gasteiger partial charge >= 0.3 is 0 Å². The lowest BCUT2D eigenvalue weighted by Crippen LogP contribution is -1.92. The normalized spacial score (nSPS) is 12.9. The first-order chi connectivity index (χ1) is 5.24. The summed E-state index contributed by atoms with van der Waals surface area (Å²) in [6.07, 6.45) is 0. The van der Waals surface area contributed by atoms with E-state index in [0.717, 1.165) is 11.3 Å². The second kappa shape index (κ2) is 3.60. The number of hydrogen-bond acceptors (Lipinski definition) is 2. The van der Waals surface area contributed by atoms with Crippen LogP contribution in [-0.2, 0) is 4.74 Å². The van der Waals surface area contributed by atoms with Gasteiger partial charge in [0.1, 0.15) is 0 Å². The Morgan fingerprint density at radius 2 is 1.91 bits per heavy atom. The van der Waals surface area contributed by atoms with Crippen molar-refractivity contribution in [2.45, 2.75) is 5.56 Å². The monoisotopic (exact) mass is 171 g/mol. The number of halogens is 1. The number of alkyl halides is 1. The molecule has 1 aromatic carbocycles. The van der Waals surface area contributed by atoms with Crippen LogP contribution in [0.4, 0.5) is 5.69 Å². The lowest BCUT2D eigenvalue weighted by atomic mass is 10.2. The molecule has 1 unspecified atom stereocenters. The lowest BCUT2D eigenvalue weighted by Gasteiger charge is -2.06. The minimum absolute atomic E-state index is 0.379. The number of anilines is 1. The van der Waals surface area contributed by atoms with Crippen molar-refractivity contribution in [3.63, 3.8) is 0 Å². The van der Waals surface area contributed by atoms with Gasteiger partial charge in [-0.1, -0.05) is 23.7 Å². The predicted molar refractivity (Wildman–Crippen MR) is 46.5 cm³/mol. The van der Waals surface area contributed by atoms with E-state index in [1.807, 2.05) is 12.1 Å². The van der Waals surface area contributed by atoms with Gasteiger partial charge in [0.05, 0.1) is 0 Å². The van der Waals surface area contributed by atoms with Crippen LogP contribution in [0.2, 0.25) is 0 Å². The summed E-state index contributed by atoms with van der Waals surface area (Å²) in [5.74, 6) is 0. The first kappa shape index (κ1) is 8.37. The van der Waals surface area contributed by atoms with Gasteiger partial charge in [0.25, 0.3) is 0 Å². The number of ether oxygens (including phenoxy) is 1. The maximum atomic E-state index is 5.78. The Bertz CT molecular complexity index is 222. The average molecular weight is 172 g/mol. The van der Waals surface area contributed by atoms with Crippen LogP contribution in [-0.4, -0.2) is 7.11 Å². The van der Waals surface area contributed by atoms with Crippen LogP contribution in [0, 0.1) is 0 Å². The molecule has 2 N–H and O–H groups in total. The zero-order valence-corrected chi connectivity index (χ0v) is 7.01. The Hall–Kier alpha value is -0.730. The summed E-state index contributed by atoms with van der Waals surface area (Å²) in [5.41, 5.74) is 6.76. The van der Waals surface area contributed by atoms with E-state index in [1.165, 1.54) is 0 Å². The Morgan fingerprint density at radius 3 is 2.36 bits per heavy atom. The molecule has 1 atom stereocenters. The zero-order valence-electron chi connectivity index (χ0n) is 6.25. The Kier molecular flexibility index (Phi) is 2.74. The average Bonchev–Trinajstić information content (AvgIpc) is 2.05. The minimum Gasteiger partial charge on any atom is -0.399 e. The highest BCUT2D eigenvalue weighted by Gasteiger charge is 2.03. The van der Waals surface area contributed by atoms with E-state index < -0.39 is 0 Å². The molecule has 3 heteroatoms. The molecular weight excluding hydrogens is 162 g/mol. The lowest BCUT2D eigenvalue weighted by molar-refractivity contribution is 0.170. The molecule has 0 amide bonds. The Morgan fingerprint density at radius 1 is 1.36 bits per heavy atom. The van der Waals surface area contributed by atoms with Crippen molar-refractivity contribution in [1.82, 2.24) is 0 Å². The second-order valence-corrected chi connectivity index (χ2v) is 2.61. The highest BCUT2D eigenvalue weighted by Crippen LogP contribution is 2.21. The van der Waals surface area contributed by atoms with Gasteiger partial charge in [-0.25, -0.2) is 0 Å². The van der Waals surface area contributed by atoms with Gasteiger partial charge in [-0.2, -0.15) is 0 Å². The molecule has 60 valence electrons. The predicted octanol–water partition coefficient (Wildman–Crippen LogP) is 2.15. The molecule has 0 heterocycles. The molecule has 2 nitrogen and oxygen atoms in total. The molecule has 0 aliphatic rings. The molecule has 0 radical (unpaired) electrons.